The largest absolute Gasteiger partial charge is 0.383 e. The summed E-state index contributed by atoms with van der Waals surface area (Å²) >= 11 is 5.09. The second kappa shape index (κ2) is 6.31. The van der Waals surface area contributed by atoms with Crippen LogP contribution in [-0.2, 0) is 4.74 Å². The molecule has 0 unspecified atom stereocenters. The molecule has 0 saturated carbocycles. The molecule has 15 heavy (non-hydrogen) atoms. The van der Waals surface area contributed by atoms with Crippen molar-refractivity contribution < 1.29 is 4.74 Å². The smallest absolute Gasteiger partial charge is 0.172 e. The average Bonchev–Trinajstić information content (AvgIpc) is 2.22. The van der Waals surface area contributed by atoms with E-state index in [1.54, 1.807) is 13.3 Å². The molecule has 1 aromatic heterocycles. The van der Waals surface area contributed by atoms with Crippen LogP contribution in [0.2, 0.25) is 0 Å². The van der Waals surface area contributed by atoms with E-state index in [4.69, 9.17) is 17.0 Å². The lowest BCUT2D eigenvalue weighted by atomic mass is 10.3. The maximum absolute atomic E-state index is 5.09. The Kier molecular flexibility index (Phi) is 5.00. The second-order valence-electron chi connectivity index (χ2n) is 3.04. The molecule has 4 nitrogen and oxygen atoms in total. The van der Waals surface area contributed by atoms with E-state index in [-0.39, 0.29) is 0 Å². The molecule has 0 atom stereocenters. The maximum Gasteiger partial charge on any atom is 0.172 e. The first-order valence-electron chi connectivity index (χ1n) is 4.69. The van der Waals surface area contributed by atoms with E-state index < -0.39 is 0 Å². The summed E-state index contributed by atoms with van der Waals surface area (Å²) in [5.41, 5.74) is 1.06. The quantitative estimate of drug-likeness (QED) is 0.598. The van der Waals surface area contributed by atoms with E-state index in [0.717, 1.165) is 11.4 Å². The third-order valence-corrected chi connectivity index (χ3v) is 2.08. The first-order chi connectivity index (χ1) is 7.24. The lowest BCUT2D eigenvalue weighted by Gasteiger charge is -2.10. The van der Waals surface area contributed by atoms with Crippen molar-refractivity contribution in [2.75, 3.05) is 25.6 Å². The number of aryl methyl sites for hydroxylation is 1. The molecule has 0 saturated heterocycles. The van der Waals surface area contributed by atoms with Crippen molar-refractivity contribution >= 4 is 23.1 Å². The standard InChI is InChI=1S/C10H15N3OS/c1-8-4-3-5-11-9(8)13-10(15)12-6-7-14-2/h3-5H,6-7H2,1-2H3,(H2,11,12,13,15). The fraction of sp³-hybridized carbons (Fsp3) is 0.400. The Bertz CT molecular complexity index is 330. The molecule has 0 aliphatic rings. The van der Waals surface area contributed by atoms with E-state index in [0.29, 0.717) is 18.3 Å². The van der Waals surface area contributed by atoms with Crippen molar-refractivity contribution in [2.24, 2.45) is 0 Å². The third kappa shape index (κ3) is 4.22. The Morgan fingerprint density at radius 3 is 3.07 bits per heavy atom. The molecule has 0 fully saturated rings. The van der Waals surface area contributed by atoms with E-state index in [2.05, 4.69) is 15.6 Å². The molecule has 0 bridgehead atoms. The molecule has 1 aromatic rings. The second-order valence-corrected chi connectivity index (χ2v) is 3.45. The summed E-state index contributed by atoms with van der Waals surface area (Å²) in [5.74, 6) is 0.785. The number of ether oxygens (including phenoxy) is 1. The Morgan fingerprint density at radius 1 is 1.60 bits per heavy atom. The number of methoxy groups -OCH3 is 1. The van der Waals surface area contributed by atoms with Crippen molar-refractivity contribution in [3.8, 4) is 0 Å². The van der Waals surface area contributed by atoms with Gasteiger partial charge in [0.15, 0.2) is 5.11 Å². The van der Waals surface area contributed by atoms with Gasteiger partial charge in [-0.1, -0.05) is 6.07 Å². The molecule has 0 aliphatic carbocycles. The van der Waals surface area contributed by atoms with E-state index in [1.807, 2.05) is 19.1 Å². The number of rotatable bonds is 4. The first kappa shape index (κ1) is 11.9. The van der Waals surface area contributed by atoms with Crippen molar-refractivity contribution in [3.63, 3.8) is 0 Å². The van der Waals surface area contributed by atoms with Crippen LogP contribution in [0.1, 0.15) is 5.56 Å². The van der Waals surface area contributed by atoms with Crippen molar-refractivity contribution in [1.82, 2.24) is 10.3 Å². The van der Waals surface area contributed by atoms with Gasteiger partial charge in [0.25, 0.3) is 0 Å². The number of hydrogen-bond donors (Lipinski definition) is 2. The monoisotopic (exact) mass is 225 g/mol. The lowest BCUT2D eigenvalue weighted by molar-refractivity contribution is 0.204. The van der Waals surface area contributed by atoms with Gasteiger partial charge < -0.3 is 15.4 Å². The van der Waals surface area contributed by atoms with Crippen LogP contribution in [-0.4, -0.2) is 30.4 Å². The van der Waals surface area contributed by atoms with Crippen LogP contribution in [0.4, 0.5) is 5.82 Å². The summed E-state index contributed by atoms with van der Waals surface area (Å²) in [6.45, 7) is 3.30. The minimum atomic E-state index is 0.564. The van der Waals surface area contributed by atoms with Gasteiger partial charge in [-0.05, 0) is 30.8 Å². The zero-order valence-electron chi connectivity index (χ0n) is 8.91. The summed E-state index contributed by atoms with van der Waals surface area (Å²) in [6.07, 6.45) is 1.73. The summed E-state index contributed by atoms with van der Waals surface area (Å²) in [4.78, 5) is 4.18. The van der Waals surface area contributed by atoms with Crippen LogP contribution in [0.5, 0.6) is 0 Å². The molecule has 0 aliphatic heterocycles. The molecule has 1 heterocycles. The summed E-state index contributed by atoms with van der Waals surface area (Å²) in [7, 11) is 1.65. The summed E-state index contributed by atoms with van der Waals surface area (Å²) in [5, 5.41) is 6.60. The minimum Gasteiger partial charge on any atom is -0.383 e. The number of thiocarbonyl (C=S) groups is 1. The summed E-state index contributed by atoms with van der Waals surface area (Å²) in [6, 6.07) is 3.87. The Labute approximate surface area is 95.0 Å². The molecule has 1 rings (SSSR count). The molecule has 82 valence electrons. The van der Waals surface area contributed by atoms with E-state index in [1.165, 1.54) is 0 Å². The molecular formula is C10H15N3OS. The zero-order valence-corrected chi connectivity index (χ0v) is 9.73. The zero-order chi connectivity index (χ0) is 11.1. The highest BCUT2D eigenvalue weighted by Gasteiger charge is 2.00. The molecule has 5 heteroatoms. The third-order valence-electron chi connectivity index (χ3n) is 1.83. The summed E-state index contributed by atoms with van der Waals surface area (Å²) < 4.78 is 4.90. The molecule has 0 aromatic carbocycles. The van der Waals surface area contributed by atoms with Gasteiger partial charge in [-0.2, -0.15) is 0 Å². The Morgan fingerprint density at radius 2 is 2.40 bits per heavy atom. The number of nitrogens with one attached hydrogen (secondary N) is 2. The molecule has 2 N–H and O–H groups in total. The van der Waals surface area contributed by atoms with Crippen LogP contribution >= 0.6 is 12.2 Å². The maximum atomic E-state index is 5.09. The first-order valence-corrected chi connectivity index (χ1v) is 5.10. The topological polar surface area (TPSA) is 46.2 Å². The van der Waals surface area contributed by atoms with E-state index >= 15 is 0 Å². The average molecular weight is 225 g/mol. The fourth-order valence-electron chi connectivity index (χ4n) is 1.03. The minimum absolute atomic E-state index is 0.564. The number of nitrogens with zero attached hydrogens (tertiary/aromatic N) is 1. The number of pyridine rings is 1. The van der Waals surface area contributed by atoms with Crippen molar-refractivity contribution in [1.29, 1.82) is 0 Å². The van der Waals surface area contributed by atoms with Gasteiger partial charge in [0.2, 0.25) is 0 Å². The van der Waals surface area contributed by atoms with Crippen LogP contribution < -0.4 is 10.6 Å². The number of aromatic nitrogens is 1. The molecular weight excluding hydrogens is 210 g/mol. The van der Waals surface area contributed by atoms with E-state index in [9.17, 15) is 0 Å². The highest BCUT2D eigenvalue weighted by atomic mass is 32.1. The van der Waals surface area contributed by atoms with Gasteiger partial charge in [0.1, 0.15) is 5.82 Å². The van der Waals surface area contributed by atoms with Gasteiger partial charge >= 0.3 is 0 Å². The normalized spacial score (nSPS) is 9.73. The Hall–Kier alpha value is -1.20. The van der Waals surface area contributed by atoms with Crippen LogP contribution in [0, 0.1) is 6.92 Å². The van der Waals surface area contributed by atoms with Gasteiger partial charge in [0, 0.05) is 19.9 Å². The predicted octanol–water partition coefficient (Wildman–Crippen LogP) is 1.32. The number of anilines is 1. The number of hydrogen-bond acceptors (Lipinski definition) is 3. The molecule has 0 radical (unpaired) electrons. The van der Waals surface area contributed by atoms with Crippen LogP contribution in [0.25, 0.3) is 0 Å². The fourth-order valence-corrected chi connectivity index (χ4v) is 1.23. The van der Waals surface area contributed by atoms with Crippen molar-refractivity contribution in [3.05, 3.63) is 23.9 Å². The molecule has 0 amide bonds. The van der Waals surface area contributed by atoms with Gasteiger partial charge in [0.05, 0.1) is 6.61 Å². The Balaban J connectivity index is 2.41. The van der Waals surface area contributed by atoms with Crippen LogP contribution in [0.15, 0.2) is 18.3 Å². The van der Waals surface area contributed by atoms with Gasteiger partial charge in [-0.3, -0.25) is 0 Å². The highest BCUT2D eigenvalue weighted by Crippen LogP contribution is 2.08. The lowest BCUT2D eigenvalue weighted by Crippen LogP contribution is -2.31. The van der Waals surface area contributed by atoms with Crippen LogP contribution in [0.3, 0.4) is 0 Å². The predicted molar refractivity (Wildman–Crippen MR) is 65.1 cm³/mol. The SMILES string of the molecule is COCCNC(=S)Nc1ncccc1C. The van der Waals surface area contributed by atoms with Gasteiger partial charge in [-0.15, -0.1) is 0 Å². The molecule has 0 spiro atoms. The van der Waals surface area contributed by atoms with Crippen molar-refractivity contribution in [2.45, 2.75) is 6.92 Å². The van der Waals surface area contributed by atoms with Gasteiger partial charge in [-0.25, -0.2) is 4.98 Å². The highest BCUT2D eigenvalue weighted by molar-refractivity contribution is 7.80.